The van der Waals surface area contributed by atoms with Crippen LogP contribution in [0.25, 0.3) is 0 Å². The number of ether oxygens (including phenoxy) is 2. The van der Waals surface area contributed by atoms with E-state index >= 15 is 0 Å². The van der Waals surface area contributed by atoms with Crippen LogP contribution in [0.2, 0.25) is 0 Å². The summed E-state index contributed by atoms with van der Waals surface area (Å²) in [5, 5.41) is 12.1. The fourth-order valence-corrected chi connectivity index (χ4v) is 1.98. The molecule has 5 heteroatoms. The van der Waals surface area contributed by atoms with E-state index in [1.165, 1.54) is 0 Å². The van der Waals surface area contributed by atoms with E-state index < -0.39 is 5.60 Å². The van der Waals surface area contributed by atoms with Crippen molar-refractivity contribution < 1.29 is 14.3 Å². The number of carbonyl (C=O) groups is 1. The van der Waals surface area contributed by atoms with Crippen LogP contribution in [-0.4, -0.2) is 24.7 Å². The first-order chi connectivity index (χ1) is 10.9. The Morgan fingerprint density at radius 1 is 1.39 bits per heavy atom. The van der Waals surface area contributed by atoms with Crippen molar-refractivity contribution in [1.82, 2.24) is 0 Å². The zero-order chi connectivity index (χ0) is 17.5. The first-order valence-corrected chi connectivity index (χ1v) is 7.98. The molecule has 0 saturated heterocycles. The van der Waals surface area contributed by atoms with Crippen LogP contribution in [0.1, 0.15) is 46.6 Å². The van der Waals surface area contributed by atoms with Gasteiger partial charge in [-0.15, -0.1) is 0 Å². The van der Waals surface area contributed by atoms with E-state index in [0.29, 0.717) is 42.6 Å². The van der Waals surface area contributed by atoms with Crippen LogP contribution in [0.3, 0.4) is 0 Å². The molecule has 0 radical (unpaired) electrons. The summed E-state index contributed by atoms with van der Waals surface area (Å²) >= 11 is 0. The quantitative estimate of drug-likeness (QED) is 0.792. The smallest absolute Gasteiger partial charge is 0.256 e. The van der Waals surface area contributed by atoms with Gasteiger partial charge in [-0.05, 0) is 44.4 Å². The van der Waals surface area contributed by atoms with Crippen LogP contribution in [0.5, 0.6) is 5.75 Å². The molecule has 0 aliphatic carbocycles. The third-order valence-corrected chi connectivity index (χ3v) is 3.56. The predicted octanol–water partition coefficient (Wildman–Crippen LogP) is 3.74. The monoisotopic (exact) mass is 318 g/mol. The fraction of sp³-hybridized carbons (Fsp3) is 0.556. The second kappa shape index (κ2) is 8.54. The number of nitrogens with zero attached hydrogens (tertiary/aromatic N) is 1. The van der Waals surface area contributed by atoms with Gasteiger partial charge in [0.25, 0.3) is 5.91 Å². The Morgan fingerprint density at radius 2 is 2.09 bits per heavy atom. The van der Waals surface area contributed by atoms with Crippen molar-refractivity contribution in [1.29, 1.82) is 5.26 Å². The van der Waals surface area contributed by atoms with Crippen molar-refractivity contribution in [2.24, 2.45) is 5.92 Å². The average Bonchev–Trinajstić information content (AvgIpc) is 2.53. The van der Waals surface area contributed by atoms with Gasteiger partial charge in [0.15, 0.2) is 0 Å². The van der Waals surface area contributed by atoms with Crippen molar-refractivity contribution in [2.75, 3.05) is 18.5 Å². The topological polar surface area (TPSA) is 71.3 Å². The molecule has 0 heterocycles. The minimum atomic E-state index is -0.908. The van der Waals surface area contributed by atoms with E-state index in [-0.39, 0.29) is 5.91 Å². The van der Waals surface area contributed by atoms with Crippen LogP contribution in [0.4, 0.5) is 5.69 Å². The lowest BCUT2D eigenvalue weighted by Crippen LogP contribution is -2.42. The number of amides is 1. The number of anilines is 1. The summed E-state index contributed by atoms with van der Waals surface area (Å²) in [6, 6.07) is 7.18. The third kappa shape index (κ3) is 5.26. The number of nitrogens with one attached hydrogen (secondary N) is 1. The minimum Gasteiger partial charge on any atom is -0.493 e. The van der Waals surface area contributed by atoms with Crippen LogP contribution < -0.4 is 10.1 Å². The molecule has 0 aliphatic rings. The highest BCUT2D eigenvalue weighted by molar-refractivity contribution is 5.98. The molecule has 0 spiro atoms. The number of hydrogen-bond acceptors (Lipinski definition) is 4. The molecule has 1 aromatic carbocycles. The largest absolute Gasteiger partial charge is 0.493 e. The molecule has 0 fully saturated rings. The Bertz CT molecular complexity index is 578. The maximum atomic E-state index is 12.4. The summed E-state index contributed by atoms with van der Waals surface area (Å²) in [4.78, 5) is 12.4. The third-order valence-electron chi connectivity index (χ3n) is 3.56. The summed E-state index contributed by atoms with van der Waals surface area (Å²) in [6.07, 6.45) is 0.546. The Hall–Kier alpha value is -2.06. The molecule has 126 valence electrons. The van der Waals surface area contributed by atoms with Gasteiger partial charge in [0.2, 0.25) is 0 Å². The lowest BCUT2D eigenvalue weighted by Gasteiger charge is -2.27. The van der Waals surface area contributed by atoms with Gasteiger partial charge in [-0.1, -0.05) is 20.8 Å². The molecule has 0 aliphatic heterocycles. The summed E-state index contributed by atoms with van der Waals surface area (Å²) < 4.78 is 11.2. The highest BCUT2D eigenvalue weighted by Crippen LogP contribution is 2.24. The van der Waals surface area contributed by atoms with Crippen LogP contribution in [0.15, 0.2) is 18.2 Å². The van der Waals surface area contributed by atoms with Crippen LogP contribution in [0, 0.1) is 17.2 Å². The summed E-state index contributed by atoms with van der Waals surface area (Å²) in [5.74, 6) is 0.766. The standard InChI is InChI=1S/C18H26N2O3/c1-6-18(5,23-7-2)17(21)20-16-9-8-15(10-14(16)11-19)22-12-13(3)4/h8-10,13H,6-7,12H2,1-5H3,(H,20,21). The summed E-state index contributed by atoms with van der Waals surface area (Å²) in [7, 11) is 0. The first-order valence-electron chi connectivity index (χ1n) is 7.98. The molecule has 1 rings (SSSR count). The average molecular weight is 318 g/mol. The van der Waals surface area contributed by atoms with Gasteiger partial charge in [0.05, 0.1) is 17.9 Å². The number of benzene rings is 1. The molecule has 1 unspecified atom stereocenters. The van der Waals surface area contributed by atoms with Gasteiger partial charge in [0.1, 0.15) is 17.4 Å². The van der Waals surface area contributed by atoms with E-state index in [0.717, 1.165) is 0 Å². The van der Waals surface area contributed by atoms with Crippen molar-refractivity contribution in [3.05, 3.63) is 23.8 Å². The Kier molecular flexibility index (Phi) is 7.05. The summed E-state index contributed by atoms with van der Waals surface area (Å²) in [6.45, 7) is 10.6. The zero-order valence-electron chi connectivity index (χ0n) is 14.6. The van der Waals surface area contributed by atoms with Gasteiger partial charge in [0, 0.05) is 6.61 Å². The highest BCUT2D eigenvalue weighted by atomic mass is 16.5. The lowest BCUT2D eigenvalue weighted by atomic mass is 10.0. The molecule has 1 amide bonds. The molecular weight excluding hydrogens is 292 g/mol. The van der Waals surface area contributed by atoms with Gasteiger partial charge in [-0.25, -0.2) is 0 Å². The number of nitriles is 1. The van der Waals surface area contributed by atoms with Gasteiger partial charge < -0.3 is 14.8 Å². The number of carbonyl (C=O) groups excluding carboxylic acids is 1. The normalized spacial score (nSPS) is 13.3. The van der Waals surface area contributed by atoms with E-state index in [4.69, 9.17) is 9.47 Å². The first kappa shape index (κ1) is 19.0. The highest BCUT2D eigenvalue weighted by Gasteiger charge is 2.32. The molecular formula is C18H26N2O3. The van der Waals surface area contributed by atoms with Crippen molar-refractivity contribution >= 4 is 11.6 Å². The van der Waals surface area contributed by atoms with Crippen molar-refractivity contribution in [3.8, 4) is 11.8 Å². The van der Waals surface area contributed by atoms with Crippen molar-refractivity contribution in [3.63, 3.8) is 0 Å². The molecule has 1 aromatic rings. The second-order valence-electron chi connectivity index (χ2n) is 6.00. The van der Waals surface area contributed by atoms with Gasteiger partial charge in [-0.2, -0.15) is 5.26 Å². The minimum absolute atomic E-state index is 0.255. The van der Waals surface area contributed by atoms with Gasteiger partial charge in [-0.3, -0.25) is 4.79 Å². The van der Waals surface area contributed by atoms with Crippen molar-refractivity contribution in [2.45, 2.75) is 46.6 Å². The molecule has 0 bridgehead atoms. The van der Waals surface area contributed by atoms with E-state index in [9.17, 15) is 10.1 Å². The zero-order valence-corrected chi connectivity index (χ0v) is 14.6. The van der Waals surface area contributed by atoms with E-state index in [1.807, 2.05) is 13.8 Å². The Morgan fingerprint density at radius 3 is 2.61 bits per heavy atom. The fourth-order valence-electron chi connectivity index (χ4n) is 1.98. The second-order valence-corrected chi connectivity index (χ2v) is 6.00. The molecule has 5 nitrogen and oxygen atoms in total. The number of hydrogen-bond donors (Lipinski definition) is 1. The Labute approximate surface area is 138 Å². The molecule has 23 heavy (non-hydrogen) atoms. The van der Waals surface area contributed by atoms with Crippen LogP contribution in [-0.2, 0) is 9.53 Å². The maximum absolute atomic E-state index is 12.4. The Balaban J connectivity index is 2.92. The SMILES string of the molecule is CCOC(C)(CC)C(=O)Nc1ccc(OCC(C)C)cc1C#N. The molecule has 0 saturated carbocycles. The molecule has 1 atom stereocenters. The number of rotatable bonds is 8. The lowest BCUT2D eigenvalue weighted by molar-refractivity contribution is -0.139. The van der Waals surface area contributed by atoms with Gasteiger partial charge >= 0.3 is 0 Å². The van der Waals surface area contributed by atoms with E-state index in [1.54, 1.807) is 25.1 Å². The summed E-state index contributed by atoms with van der Waals surface area (Å²) in [5.41, 5.74) is -0.0720. The maximum Gasteiger partial charge on any atom is 0.256 e. The molecule has 1 N–H and O–H groups in total. The predicted molar refractivity (Wildman–Crippen MR) is 90.4 cm³/mol. The van der Waals surface area contributed by atoms with Crippen LogP contribution >= 0.6 is 0 Å². The molecule has 0 aromatic heterocycles. The van der Waals surface area contributed by atoms with E-state index in [2.05, 4.69) is 25.2 Å².